The number of allylic oxidation sites excluding steroid dienone is 2. The van der Waals surface area contributed by atoms with E-state index in [1.807, 2.05) is 119 Å². The van der Waals surface area contributed by atoms with Gasteiger partial charge in [-0.3, -0.25) is 29.0 Å². The fourth-order valence-corrected chi connectivity index (χ4v) is 9.84. The molecule has 2 saturated heterocycles. The summed E-state index contributed by atoms with van der Waals surface area (Å²) in [6.07, 6.45) is 2.59. The second-order valence-corrected chi connectivity index (χ2v) is 17.3. The number of nitrogens with zero attached hydrogens (tertiary/aromatic N) is 8. The predicted molar refractivity (Wildman–Crippen MR) is 243 cm³/mol. The highest BCUT2D eigenvalue weighted by atomic mass is 16.3. The number of fused-ring (bicyclic) bond motifs is 4. The molecule has 13 nitrogen and oxygen atoms in total. The monoisotopic (exact) mass is 840 g/mol. The Morgan fingerprint density at radius 2 is 0.921 bits per heavy atom. The predicted octanol–water partition coefficient (Wildman–Crippen LogP) is 10.0. The number of aromatic hydroxyl groups is 1. The highest BCUT2D eigenvalue weighted by molar-refractivity contribution is 6.24. The minimum Gasteiger partial charge on any atom is -0.507 e. The van der Waals surface area contributed by atoms with Crippen molar-refractivity contribution in [3.8, 4) is 5.75 Å². The third-order valence-corrected chi connectivity index (χ3v) is 13.0. The van der Waals surface area contributed by atoms with Gasteiger partial charge in [-0.1, -0.05) is 23.8 Å². The molecule has 318 valence electrons. The van der Waals surface area contributed by atoms with E-state index in [-0.39, 0.29) is 35.8 Å². The number of anilines is 4. The van der Waals surface area contributed by atoms with Crippen molar-refractivity contribution >= 4 is 69.1 Å². The number of hydrogen-bond donors (Lipinski definition) is 1. The van der Waals surface area contributed by atoms with Crippen LogP contribution in [0.15, 0.2) is 141 Å². The van der Waals surface area contributed by atoms with Gasteiger partial charge in [-0.15, -0.1) is 0 Å². The number of carbonyl (C=O) groups is 4. The molecule has 0 spiro atoms. The minimum atomic E-state index is -0.750. The molecule has 3 fully saturated rings. The first kappa shape index (κ1) is 41.1. The van der Waals surface area contributed by atoms with E-state index in [1.165, 1.54) is 9.80 Å². The molecule has 63 heavy (non-hydrogen) atoms. The van der Waals surface area contributed by atoms with Crippen molar-refractivity contribution < 1.29 is 24.3 Å². The molecule has 6 atom stereocenters. The summed E-state index contributed by atoms with van der Waals surface area (Å²) in [6.45, 7) is 3.62. The zero-order chi connectivity index (χ0) is 44.3. The number of phenols is 1. The lowest BCUT2D eigenvalue weighted by Crippen LogP contribution is -2.43. The number of carbonyl (C=O) groups excluding carboxylic acids is 4. The van der Waals surface area contributed by atoms with E-state index in [0.717, 1.165) is 22.5 Å². The molecular formula is C50H48N8O5. The molecule has 2 heterocycles. The molecule has 6 unspecified atom stereocenters. The summed E-state index contributed by atoms with van der Waals surface area (Å²) in [5.74, 6) is -4.97. The van der Waals surface area contributed by atoms with Gasteiger partial charge in [0.25, 0.3) is 0 Å². The smallest absolute Gasteiger partial charge is 0.238 e. The van der Waals surface area contributed by atoms with Gasteiger partial charge in [0.05, 0.1) is 57.8 Å². The first-order valence-electron chi connectivity index (χ1n) is 21.1. The highest BCUT2D eigenvalue weighted by Crippen LogP contribution is 2.59. The Kier molecular flexibility index (Phi) is 10.6. The van der Waals surface area contributed by atoms with Crippen LogP contribution in [0.25, 0.3) is 0 Å². The fourth-order valence-electron chi connectivity index (χ4n) is 9.84. The number of imide groups is 2. The van der Waals surface area contributed by atoms with Gasteiger partial charge in [-0.05, 0) is 146 Å². The Bertz CT molecular complexity index is 2700. The first-order chi connectivity index (χ1) is 30.3. The lowest BCUT2D eigenvalue weighted by Gasteiger charge is -2.44. The van der Waals surface area contributed by atoms with Gasteiger partial charge in [-0.2, -0.15) is 20.5 Å². The van der Waals surface area contributed by atoms with Gasteiger partial charge >= 0.3 is 0 Å². The molecule has 13 heteroatoms. The maximum absolute atomic E-state index is 14.7. The molecule has 4 aliphatic rings. The molecule has 5 aromatic carbocycles. The van der Waals surface area contributed by atoms with Crippen LogP contribution < -0.4 is 19.6 Å². The van der Waals surface area contributed by atoms with E-state index in [0.29, 0.717) is 51.7 Å². The summed E-state index contributed by atoms with van der Waals surface area (Å²) in [5, 5.41) is 28.2. The van der Waals surface area contributed by atoms with E-state index in [4.69, 9.17) is 0 Å². The number of amides is 4. The zero-order valence-electron chi connectivity index (χ0n) is 36.0. The average Bonchev–Trinajstić information content (AvgIpc) is 3.69. The first-order valence-corrected chi connectivity index (χ1v) is 21.1. The summed E-state index contributed by atoms with van der Waals surface area (Å²) < 4.78 is 0. The summed E-state index contributed by atoms with van der Waals surface area (Å²) in [6, 6.07) is 32.8. The maximum Gasteiger partial charge on any atom is 0.238 e. The van der Waals surface area contributed by atoms with Gasteiger partial charge in [0.15, 0.2) is 0 Å². The van der Waals surface area contributed by atoms with Crippen molar-refractivity contribution in [2.24, 2.45) is 50.0 Å². The maximum atomic E-state index is 14.7. The van der Waals surface area contributed by atoms with E-state index in [9.17, 15) is 24.3 Å². The van der Waals surface area contributed by atoms with Crippen LogP contribution in [-0.4, -0.2) is 56.9 Å². The van der Waals surface area contributed by atoms with Crippen LogP contribution in [0, 0.1) is 43.4 Å². The molecule has 1 N–H and O–H groups in total. The zero-order valence-corrected chi connectivity index (χ0v) is 36.0. The third-order valence-electron chi connectivity index (χ3n) is 13.0. The summed E-state index contributed by atoms with van der Waals surface area (Å²) in [7, 11) is 7.87. The summed E-state index contributed by atoms with van der Waals surface area (Å²) >= 11 is 0. The topological polar surface area (TPSA) is 151 Å². The third kappa shape index (κ3) is 7.36. The Morgan fingerprint density at radius 3 is 1.35 bits per heavy atom. The molecule has 4 amide bonds. The number of phenolic OH excluding ortho intramolecular Hbond substituents is 1. The Hall–Kier alpha value is -7.28. The summed E-state index contributed by atoms with van der Waals surface area (Å²) in [5.41, 5.74) is 8.42. The molecule has 1 saturated carbocycles. The van der Waals surface area contributed by atoms with Gasteiger partial charge in [-0.25, -0.2) is 0 Å². The van der Waals surface area contributed by atoms with Gasteiger partial charge in [0.1, 0.15) is 5.75 Å². The average molecular weight is 841 g/mol. The number of azo groups is 2. The largest absolute Gasteiger partial charge is 0.507 e. The van der Waals surface area contributed by atoms with Gasteiger partial charge < -0.3 is 14.9 Å². The molecule has 0 radical (unpaired) electrons. The highest BCUT2D eigenvalue weighted by Gasteiger charge is 2.62. The minimum absolute atomic E-state index is 0.164. The van der Waals surface area contributed by atoms with E-state index in [1.54, 1.807) is 48.5 Å². The van der Waals surface area contributed by atoms with Crippen LogP contribution >= 0.6 is 0 Å². The molecule has 0 bridgehead atoms. The van der Waals surface area contributed by atoms with Crippen molar-refractivity contribution in [1.29, 1.82) is 0 Å². The van der Waals surface area contributed by atoms with Crippen molar-refractivity contribution in [2.75, 3.05) is 47.8 Å². The summed E-state index contributed by atoms with van der Waals surface area (Å²) in [4.78, 5) is 64.7. The van der Waals surface area contributed by atoms with Crippen LogP contribution in [0.4, 0.5) is 45.5 Å². The number of rotatable bonds is 9. The van der Waals surface area contributed by atoms with Crippen LogP contribution in [0.3, 0.4) is 0 Å². The van der Waals surface area contributed by atoms with Crippen molar-refractivity contribution in [3.63, 3.8) is 0 Å². The molecule has 2 aliphatic heterocycles. The standard InChI is InChI=1S/C50H48N8O5/c1-28-25-30(26-29(2)46(28)59)43-39-23-24-40-44(49(62)57(47(40)60)37-19-11-33(12-20-37)53-51-31-7-15-35(16-8-31)55(3)4)41(39)27-42-45(43)50(63)58(48(42)61)38-21-13-34(14-22-38)54-52-32-9-17-36(18-10-32)56(5)6/h7-23,25-26,40-45,59H,24,27H2,1-6H3. The molecule has 9 rings (SSSR count). The lowest BCUT2D eigenvalue weighted by molar-refractivity contribution is -0.126. The molecule has 5 aromatic rings. The van der Waals surface area contributed by atoms with E-state index >= 15 is 0 Å². The number of aryl methyl sites for hydroxylation is 2. The van der Waals surface area contributed by atoms with E-state index < -0.39 is 35.5 Å². The second-order valence-electron chi connectivity index (χ2n) is 17.3. The quantitative estimate of drug-likeness (QED) is 0.0882. The Balaban J connectivity index is 0.996. The van der Waals surface area contributed by atoms with Crippen LogP contribution in [0.1, 0.15) is 35.4 Å². The molecular weight excluding hydrogens is 793 g/mol. The lowest BCUT2D eigenvalue weighted by atomic mass is 9.57. The van der Waals surface area contributed by atoms with E-state index in [2.05, 4.69) is 20.5 Å². The van der Waals surface area contributed by atoms with Crippen molar-refractivity contribution in [3.05, 3.63) is 138 Å². The SMILES string of the molecule is Cc1cc(C2C3=CCC4C(=O)N(c5ccc(N=Nc6ccc(N(C)C)cc6)cc5)C(=O)C4C3CC3C(=O)N(c4ccc(N=Nc5ccc(N(C)C)cc5)cc4)C(=O)C32)cc(C)c1O. The van der Waals surface area contributed by atoms with Crippen LogP contribution in [0.5, 0.6) is 5.75 Å². The van der Waals surface area contributed by atoms with Crippen molar-refractivity contribution in [2.45, 2.75) is 32.6 Å². The molecule has 0 aromatic heterocycles. The number of benzene rings is 5. The number of hydrogen-bond acceptors (Lipinski definition) is 11. The second kappa shape index (κ2) is 16.2. The van der Waals surface area contributed by atoms with Gasteiger partial charge in [0, 0.05) is 45.5 Å². The van der Waals surface area contributed by atoms with Crippen molar-refractivity contribution in [1.82, 2.24) is 0 Å². The molecule has 2 aliphatic carbocycles. The Labute approximate surface area is 366 Å². The van der Waals surface area contributed by atoms with Gasteiger partial charge in [0.2, 0.25) is 23.6 Å². The normalized spacial score (nSPS) is 23.0. The fraction of sp³-hybridized carbons (Fsp3) is 0.280. The Morgan fingerprint density at radius 1 is 0.524 bits per heavy atom. The van der Waals surface area contributed by atoms with Crippen LogP contribution in [-0.2, 0) is 19.2 Å². The van der Waals surface area contributed by atoms with Crippen LogP contribution in [0.2, 0.25) is 0 Å².